The Balaban J connectivity index is 1.73. The second-order valence-corrected chi connectivity index (χ2v) is 7.39. The van der Waals surface area contributed by atoms with Crippen LogP contribution in [0.1, 0.15) is 27.5 Å². The highest BCUT2D eigenvalue weighted by Crippen LogP contribution is 2.23. The third-order valence-corrected chi connectivity index (χ3v) is 5.54. The zero-order chi connectivity index (χ0) is 17.9. The maximum atomic E-state index is 13.6. The van der Waals surface area contributed by atoms with E-state index in [1.54, 1.807) is 11.3 Å². The van der Waals surface area contributed by atoms with Gasteiger partial charge in [0.05, 0.1) is 7.05 Å². The zero-order valence-electron chi connectivity index (χ0n) is 14.6. The second-order valence-electron chi connectivity index (χ2n) is 6.61. The molecule has 1 unspecified atom stereocenters. The molecule has 2 aromatic heterocycles. The van der Waals surface area contributed by atoms with E-state index >= 15 is 0 Å². The molecule has 0 aliphatic heterocycles. The molecule has 0 aliphatic carbocycles. The van der Waals surface area contributed by atoms with Crippen molar-refractivity contribution in [2.75, 3.05) is 7.05 Å². The Morgan fingerprint density at radius 3 is 2.62 bits per heavy atom. The van der Waals surface area contributed by atoms with Crippen LogP contribution in [0.4, 0.5) is 0 Å². The summed E-state index contributed by atoms with van der Waals surface area (Å²) in [5.74, 6) is 0.154. The van der Waals surface area contributed by atoms with Crippen LogP contribution in [0.2, 0.25) is 0 Å². The number of nitrogens with one attached hydrogen (secondary N) is 2. The number of benzene rings is 2. The smallest absolute Gasteiger partial charge is 0.226 e. The van der Waals surface area contributed by atoms with Crippen LogP contribution in [-0.2, 0) is 6.54 Å². The van der Waals surface area contributed by atoms with E-state index in [-0.39, 0.29) is 11.8 Å². The minimum Gasteiger partial charge on any atom is -0.360 e. The van der Waals surface area contributed by atoms with Crippen molar-refractivity contribution >= 4 is 28.0 Å². The molecule has 0 amide bonds. The van der Waals surface area contributed by atoms with E-state index in [1.807, 2.05) is 48.7 Å². The summed E-state index contributed by atoms with van der Waals surface area (Å²) >= 11 is 1.69. The monoisotopic (exact) mass is 361 g/mol. The molecule has 2 atom stereocenters. The molecule has 0 aliphatic rings. The summed E-state index contributed by atoms with van der Waals surface area (Å²) in [4.78, 5) is 18.0. The van der Waals surface area contributed by atoms with E-state index < -0.39 is 0 Å². The summed E-state index contributed by atoms with van der Waals surface area (Å²) in [6, 6.07) is 20.0. The number of aromatic nitrogens is 1. The van der Waals surface area contributed by atoms with Crippen LogP contribution < -0.4 is 4.90 Å². The minimum atomic E-state index is -0.240. The van der Waals surface area contributed by atoms with Crippen LogP contribution in [-0.4, -0.2) is 17.8 Å². The maximum absolute atomic E-state index is 13.6. The van der Waals surface area contributed by atoms with Crippen LogP contribution in [0.25, 0.3) is 10.9 Å². The van der Waals surface area contributed by atoms with Gasteiger partial charge in [-0.05, 0) is 22.9 Å². The van der Waals surface area contributed by atoms with Gasteiger partial charge < -0.3 is 9.88 Å². The molecule has 4 aromatic rings. The molecule has 3 nitrogen and oxygen atoms in total. The van der Waals surface area contributed by atoms with Crippen LogP contribution in [0.5, 0.6) is 0 Å². The van der Waals surface area contributed by atoms with E-state index in [4.69, 9.17) is 0 Å². The van der Waals surface area contributed by atoms with Gasteiger partial charge in [0.15, 0.2) is 6.04 Å². The number of aromatic amines is 1. The molecule has 130 valence electrons. The number of Topliss-reactive ketones (excluding diaryl/α,β-unsaturated/α-hetero) is 1. The molecule has 4 rings (SSSR count). The first-order valence-electron chi connectivity index (χ1n) is 8.72. The second kappa shape index (κ2) is 7.28. The van der Waals surface area contributed by atoms with E-state index in [0.717, 1.165) is 28.6 Å². The molecular formula is C22H21N2OS+. The summed E-state index contributed by atoms with van der Waals surface area (Å²) < 4.78 is 0. The van der Waals surface area contributed by atoms with Gasteiger partial charge in [-0.25, -0.2) is 0 Å². The molecule has 0 saturated carbocycles. The third-order valence-electron chi connectivity index (χ3n) is 4.81. The molecule has 0 spiro atoms. The van der Waals surface area contributed by atoms with Crippen molar-refractivity contribution in [3.8, 4) is 0 Å². The number of carbonyl (C=O) groups is 1. The SMILES string of the molecule is C[NH+](Cc1ccsc1)[C@@H](C(=O)c1c[nH]c2ccccc12)c1ccccc1. The number of hydrogen-bond donors (Lipinski definition) is 2. The van der Waals surface area contributed by atoms with Crippen molar-refractivity contribution in [1.82, 2.24) is 4.98 Å². The third kappa shape index (κ3) is 3.21. The van der Waals surface area contributed by atoms with Crippen molar-refractivity contribution in [2.24, 2.45) is 0 Å². The maximum Gasteiger partial charge on any atom is 0.226 e. The average Bonchev–Trinajstić information content (AvgIpc) is 3.32. The van der Waals surface area contributed by atoms with Gasteiger partial charge in [0, 0.05) is 33.8 Å². The first kappa shape index (κ1) is 16.8. The lowest BCUT2D eigenvalue weighted by Gasteiger charge is -2.24. The van der Waals surface area contributed by atoms with Gasteiger partial charge in [-0.3, -0.25) is 4.79 Å². The van der Waals surface area contributed by atoms with E-state index in [2.05, 4.69) is 41.0 Å². The molecule has 2 N–H and O–H groups in total. The van der Waals surface area contributed by atoms with Crippen LogP contribution in [0, 0.1) is 0 Å². The number of rotatable bonds is 6. The van der Waals surface area contributed by atoms with Crippen LogP contribution in [0.3, 0.4) is 0 Å². The number of quaternary nitrogens is 1. The Hall–Kier alpha value is -2.69. The molecule has 4 heteroatoms. The van der Waals surface area contributed by atoms with E-state index in [0.29, 0.717) is 0 Å². The highest BCUT2D eigenvalue weighted by atomic mass is 32.1. The summed E-state index contributed by atoms with van der Waals surface area (Å²) in [5, 5.41) is 5.23. The molecule has 0 fully saturated rings. The fourth-order valence-corrected chi connectivity index (χ4v) is 4.22. The highest BCUT2D eigenvalue weighted by Gasteiger charge is 2.31. The van der Waals surface area contributed by atoms with Crippen molar-refractivity contribution in [1.29, 1.82) is 0 Å². The number of ketones is 1. The molecule has 26 heavy (non-hydrogen) atoms. The topological polar surface area (TPSA) is 37.3 Å². The number of hydrogen-bond acceptors (Lipinski definition) is 2. The quantitative estimate of drug-likeness (QED) is 0.503. The minimum absolute atomic E-state index is 0.154. The predicted octanol–water partition coefficient (Wildman–Crippen LogP) is 3.87. The zero-order valence-corrected chi connectivity index (χ0v) is 15.4. The van der Waals surface area contributed by atoms with Crippen LogP contribution in [0.15, 0.2) is 77.6 Å². The van der Waals surface area contributed by atoms with Gasteiger partial charge in [-0.1, -0.05) is 48.5 Å². The van der Waals surface area contributed by atoms with Crippen molar-refractivity contribution in [3.05, 3.63) is 94.3 Å². The molecule has 0 saturated heterocycles. The standard InChI is InChI=1S/C22H20N2OS/c1-24(14-16-11-12-26-15-16)21(17-7-3-2-4-8-17)22(25)19-13-23-20-10-6-5-9-18(19)20/h2-13,15,21,23H,14H2,1H3/p+1/t21-/m1/s1. The summed E-state index contributed by atoms with van der Waals surface area (Å²) in [5.41, 5.74) is 4.08. The Morgan fingerprint density at radius 1 is 1.08 bits per heavy atom. The van der Waals surface area contributed by atoms with Gasteiger partial charge in [0.2, 0.25) is 5.78 Å². The number of carbonyl (C=O) groups excluding carboxylic acids is 1. The lowest BCUT2D eigenvalue weighted by molar-refractivity contribution is -0.915. The highest BCUT2D eigenvalue weighted by molar-refractivity contribution is 7.07. The van der Waals surface area contributed by atoms with Gasteiger partial charge in [0.1, 0.15) is 6.54 Å². The summed E-state index contributed by atoms with van der Waals surface area (Å²) in [6.07, 6.45) is 1.85. The van der Waals surface area contributed by atoms with Gasteiger partial charge in [-0.15, -0.1) is 0 Å². The molecule has 0 bridgehead atoms. The first-order chi connectivity index (χ1) is 12.7. The van der Waals surface area contributed by atoms with Crippen molar-refractivity contribution in [3.63, 3.8) is 0 Å². The largest absolute Gasteiger partial charge is 0.360 e. The molecule has 2 heterocycles. The Kier molecular flexibility index (Phi) is 4.69. The molecule has 0 radical (unpaired) electrons. The fraction of sp³-hybridized carbons (Fsp3) is 0.136. The van der Waals surface area contributed by atoms with E-state index in [9.17, 15) is 4.79 Å². The molecule has 2 aromatic carbocycles. The fourth-order valence-electron chi connectivity index (χ4n) is 3.55. The molecular weight excluding hydrogens is 340 g/mol. The Morgan fingerprint density at radius 2 is 1.85 bits per heavy atom. The summed E-state index contributed by atoms with van der Waals surface area (Å²) in [7, 11) is 2.10. The lowest BCUT2D eigenvalue weighted by atomic mass is 9.95. The van der Waals surface area contributed by atoms with Gasteiger partial charge >= 0.3 is 0 Å². The number of fused-ring (bicyclic) bond motifs is 1. The number of likely N-dealkylation sites (N-methyl/N-ethyl adjacent to an activating group) is 1. The lowest BCUT2D eigenvalue weighted by Crippen LogP contribution is -3.08. The van der Waals surface area contributed by atoms with Crippen molar-refractivity contribution < 1.29 is 9.69 Å². The average molecular weight is 361 g/mol. The Bertz CT molecular complexity index is 1010. The van der Waals surface area contributed by atoms with E-state index in [1.165, 1.54) is 10.5 Å². The summed E-state index contributed by atoms with van der Waals surface area (Å²) in [6.45, 7) is 0.817. The van der Waals surface area contributed by atoms with Crippen LogP contribution >= 0.6 is 11.3 Å². The van der Waals surface area contributed by atoms with Gasteiger partial charge in [0.25, 0.3) is 0 Å². The number of H-pyrrole nitrogens is 1. The predicted molar refractivity (Wildman–Crippen MR) is 107 cm³/mol. The van der Waals surface area contributed by atoms with Crippen molar-refractivity contribution in [2.45, 2.75) is 12.6 Å². The number of thiophene rings is 1. The first-order valence-corrected chi connectivity index (χ1v) is 9.67. The normalized spacial score (nSPS) is 13.6. The Labute approximate surface area is 156 Å². The number of para-hydroxylation sites is 1. The van der Waals surface area contributed by atoms with Gasteiger partial charge in [-0.2, -0.15) is 11.3 Å².